The average Bonchev–Trinajstić information content (AvgIpc) is 2.97. The largest absolute Gasteiger partial charge is 0.296 e. The zero-order valence-electron chi connectivity index (χ0n) is 10.8. The second-order valence-electron chi connectivity index (χ2n) is 4.21. The second-order valence-corrected chi connectivity index (χ2v) is 5.60. The molecule has 1 N–H and O–H groups in total. The van der Waals surface area contributed by atoms with Gasteiger partial charge in [-0.05, 0) is 18.2 Å². The van der Waals surface area contributed by atoms with Crippen molar-refractivity contribution in [1.82, 2.24) is 10.2 Å². The molecule has 0 unspecified atom stereocenters. The highest BCUT2D eigenvalue weighted by atomic mass is 35.5. The van der Waals surface area contributed by atoms with E-state index in [2.05, 4.69) is 15.5 Å². The fourth-order valence-corrected chi connectivity index (χ4v) is 2.84. The molecule has 21 heavy (non-hydrogen) atoms. The van der Waals surface area contributed by atoms with Gasteiger partial charge in [0, 0.05) is 11.1 Å². The molecule has 0 spiro atoms. The van der Waals surface area contributed by atoms with Gasteiger partial charge in [0.15, 0.2) is 5.01 Å². The molecule has 0 atom stereocenters. The Morgan fingerprint density at radius 2 is 1.71 bits per heavy atom. The first-order valence-electron chi connectivity index (χ1n) is 6.19. The molecule has 0 aliphatic carbocycles. The highest BCUT2D eigenvalue weighted by Crippen LogP contribution is 2.31. The van der Waals surface area contributed by atoms with Crippen LogP contribution in [-0.4, -0.2) is 16.1 Å². The molecule has 0 saturated heterocycles. The maximum atomic E-state index is 12.0. The summed E-state index contributed by atoms with van der Waals surface area (Å²) in [7, 11) is 0. The fraction of sp³-hybridized carbons (Fsp3) is 0. The SMILES string of the molecule is O=C(Nc1nnc(-c2ccccc2Cl)s1)c1ccccc1. The summed E-state index contributed by atoms with van der Waals surface area (Å²) in [6.07, 6.45) is 0. The van der Waals surface area contributed by atoms with Crippen LogP contribution in [0.4, 0.5) is 5.13 Å². The van der Waals surface area contributed by atoms with Crippen LogP contribution in [0.3, 0.4) is 0 Å². The van der Waals surface area contributed by atoms with Crippen molar-refractivity contribution in [3.05, 3.63) is 65.2 Å². The molecule has 3 aromatic rings. The number of hydrogen-bond donors (Lipinski definition) is 1. The minimum absolute atomic E-state index is 0.211. The second kappa shape index (κ2) is 6.03. The summed E-state index contributed by atoms with van der Waals surface area (Å²) in [6.45, 7) is 0. The Morgan fingerprint density at radius 3 is 2.48 bits per heavy atom. The van der Waals surface area contributed by atoms with Crippen LogP contribution in [-0.2, 0) is 0 Å². The molecule has 0 aliphatic rings. The maximum Gasteiger partial charge on any atom is 0.257 e. The molecule has 0 aliphatic heterocycles. The van der Waals surface area contributed by atoms with Crippen molar-refractivity contribution in [3.8, 4) is 10.6 Å². The van der Waals surface area contributed by atoms with Crippen LogP contribution in [0.25, 0.3) is 10.6 Å². The van der Waals surface area contributed by atoms with Gasteiger partial charge in [-0.2, -0.15) is 0 Å². The van der Waals surface area contributed by atoms with E-state index in [1.807, 2.05) is 36.4 Å². The number of rotatable bonds is 3. The number of amides is 1. The monoisotopic (exact) mass is 315 g/mol. The number of carbonyl (C=O) groups is 1. The third-order valence-corrected chi connectivity index (χ3v) is 3.99. The Balaban J connectivity index is 1.80. The van der Waals surface area contributed by atoms with Gasteiger partial charge in [0.1, 0.15) is 0 Å². The minimum Gasteiger partial charge on any atom is -0.296 e. The summed E-state index contributed by atoms with van der Waals surface area (Å²) in [5.41, 5.74) is 1.38. The summed E-state index contributed by atoms with van der Waals surface area (Å²) in [4.78, 5) is 12.0. The summed E-state index contributed by atoms with van der Waals surface area (Å²) < 4.78 is 0. The number of nitrogens with one attached hydrogen (secondary N) is 1. The van der Waals surface area contributed by atoms with Crippen LogP contribution in [0.2, 0.25) is 5.02 Å². The van der Waals surface area contributed by atoms with Crippen LogP contribution in [0, 0.1) is 0 Å². The van der Waals surface area contributed by atoms with Gasteiger partial charge in [0.25, 0.3) is 5.91 Å². The summed E-state index contributed by atoms with van der Waals surface area (Å²) >= 11 is 7.41. The van der Waals surface area contributed by atoms with E-state index >= 15 is 0 Å². The standard InChI is InChI=1S/C15H10ClN3OS/c16-12-9-5-4-8-11(12)14-18-19-15(21-14)17-13(20)10-6-2-1-3-7-10/h1-9H,(H,17,19,20). The Labute approximate surface area is 130 Å². The van der Waals surface area contributed by atoms with Gasteiger partial charge in [-0.15, -0.1) is 10.2 Å². The first kappa shape index (κ1) is 13.7. The molecular weight excluding hydrogens is 306 g/mol. The number of nitrogens with zero attached hydrogens (tertiary/aromatic N) is 2. The first-order chi connectivity index (χ1) is 10.2. The van der Waals surface area contributed by atoms with Gasteiger partial charge >= 0.3 is 0 Å². The summed E-state index contributed by atoms with van der Waals surface area (Å²) in [5.74, 6) is -0.211. The molecule has 104 valence electrons. The van der Waals surface area contributed by atoms with E-state index in [0.717, 1.165) is 5.56 Å². The van der Waals surface area contributed by atoms with Crippen molar-refractivity contribution in [3.63, 3.8) is 0 Å². The number of anilines is 1. The molecule has 2 aromatic carbocycles. The van der Waals surface area contributed by atoms with Gasteiger partial charge in [-0.3, -0.25) is 10.1 Å². The van der Waals surface area contributed by atoms with Gasteiger partial charge in [0.05, 0.1) is 5.02 Å². The van der Waals surface area contributed by atoms with Crippen molar-refractivity contribution in [1.29, 1.82) is 0 Å². The molecule has 6 heteroatoms. The van der Waals surface area contributed by atoms with Crippen LogP contribution < -0.4 is 5.32 Å². The number of hydrogen-bond acceptors (Lipinski definition) is 4. The maximum absolute atomic E-state index is 12.0. The Morgan fingerprint density at radius 1 is 1.00 bits per heavy atom. The molecule has 1 heterocycles. The van der Waals surface area contributed by atoms with E-state index < -0.39 is 0 Å². The average molecular weight is 316 g/mol. The van der Waals surface area contributed by atoms with E-state index in [4.69, 9.17) is 11.6 Å². The molecule has 0 radical (unpaired) electrons. The van der Waals surface area contributed by atoms with Gasteiger partial charge in [-0.25, -0.2) is 0 Å². The molecular formula is C15H10ClN3OS. The lowest BCUT2D eigenvalue weighted by Gasteiger charge is -2.00. The molecule has 4 nitrogen and oxygen atoms in total. The van der Waals surface area contributed by atoms with Crippen molar-refractivity contribution in [2.75, 3.05) is 5.32 Å². The Bertz CT molecular complexity index is 773. The third-order valence-electron chi connectivity index (χ3n) is 2.79. The van der Waals surface area contributed by atoms with Crippen molar-refractivity contribution >= 4 is 34.0 Å². The number of carbonyl (C=O) groups excluding carboxylic acids is 1. The zero-order valence-corrected chi connectivity index (χ0v) is 12.4. The lowest BCUT2D eigenvalue weighted by Crippen LogP contribution is -2.11. The molecule has 0 bridgehead atoms. The Hall–Kier alpha value is -2.24. The topological polar surface area (TPSA) is 54.9 Å². The highest BCUT2D eigenvalue weighted by Gasteiger charge is 2.12. The van der Waals surface area contributed by atoms with E-state index in [1.54, 1.807) is 18.2 Å². The number of benzene rings is 2. The van der Waals surface area contributed by atoms with E-state index in [9.17, 15) is 4.79 Å². The minimum atomic E-state index is -0.211. The van der Waals surface area contributed by atoms with E-state index in [-0.39, 0.29) is 5.91 Å². The smallest absolute Gasteiger partial charge is 0.257 e. The molecule has 0 fully saturated rings. The van der Waals surface area contributed by atoms with Crippen LogP contribution in [0.1, 0.15) is 10.4 Å². The lowest BCUT2D eigenvalue weighted by molar-refractivity contribution is 0.102. The Kier molecular flexibility index (Phi) is 3.94. The first-order valence-corrected chi connectivity index (χ1v) is 7.38. The highest BCUT2D eigenvalue weighted by molar-refractivity contribution is 7.18. The van der Waals surface area contributed by atoms with E-state index in [0.29, 0.717) is 20.7 Å². The normalized spacial score (nSPS) is 10.3. The molecule has 1 aromatic heterocycles. The van der Waals surface area contributed by atoms with E-state index in [1.165, 1.54) is 11.3 Å². The number of aromatic nitrogens is 2. The molecule has 0 saturated carbocycles. The molecule has 3 rings (SSSR count). The quantitative estimate of drug-likeness (QED) is 0.791. The van der Waals surface area contributed by atoms with Gasteiger partial charge in [-0.1, -0.05) is 59.3 Å². The van der Waals surface area contributed by atoms with Crippen molar-refractivity contribution < 1.29 is 4.79 Å². The number of halogens is 1. The fourth-order valence-electron chi connectivity index (χ4n) is 1.78. The van der Waals surface area contributed by atoms with Crippen LogP contribution in [0.5, 0.6) is 0 Å². The summed E-state index contributed by atoms with van der Waals surface area (Å²) in [5, 5.41) is 12.5. The van der Waals surface area contributed by atoms with Crippen LogP contribution >= 0.6 is 22.9 Å². The lowest BCUT2D eigenvalue weighted by atomic mass is 10.2. The van der Waals surface area contributed by atoms with Crippen molar-refractivity contribution in [2.24, 2.45) is 0 Å². The predicted octanol–water partition coefficient (Wildman–Crippen LogP) is 4.11. The van der Waals surface area contributed by atoms with Crippen LogP contribution in [0.15, 0.2) is 54.6 Å². The summed E-state index contributed by atoms with van der Waals surface area (Å²) in [6, 6.07) is 16.4. The van der Waals surface area contributed by atoms with Gasteiger partial charge in [0.2, 0.25) is 5.13 Å². The third kappa shape index (κ3) is 3.09. The van der Waals surface area contributed by atoms with Crippen molar-refractivity contribution in [2.45, 2.75) is 0 Å². The molecule has 1 amide bonds. The van der Waals surface area contributed by atoms with Gasteiger partial charge < -0.3 is 0 Å². The zero-order chi connectivity index (χ0) is 14.7. The predicted molar refractivity (Wildman–Crippen MR) is 84.8 cm³/mol.